The summed E-state index contributed by atoms with van der Waals surface area (Å²) in [6.07, 6.45) is 1.14. The lowest BCUT2D eigenvalue weighted by atomic mass is 10.1. The van der Waals surface area contributed by atoms with Gasteiger partial charge in [0, 0.05) is 19.2 Å². The van der Waals surface area contributed by atoms with Crippen LogP contribution in [0.5, 0.6) is 0 Å². The molecule has 1 unspecified atom stereocenters. The first-order valence-electron chi connectivity index (χ1n) is 5.62. The first-order valence-corrected chi connectivity index (χ1v) is 5.62. The Hall–Kier alpha value is -0.860. The van der Waals surface area contributed by atoms with E-state index >= 15 is 0 Å². The van der Waals surface area contributed by atoms with Gasteiger partial charge in [0.1, 0.15) is 0 Å². The van der Waals surface area contributed by atoms with Crippen LogP contribution in [0.1, 0.15) is 23.1 Å². The molecule has 1 aliphatic heterocycles. The molecule has 0 amide bonds. The Morgan fingerprint density at radius 2 is 2.00 bits per heavy atom. The predicted molar refractivity (Wildman–Crippen MR) is 62.0 cm³/mol. The van der Waals surface area contributed by atoms with Gasteiger partial charge in [0.05, 0.1) is 6.61 Å². The number of aryl methyl sites for hydroxylation is 2. The highest BCUT2D eigenvalue weighted by Crippen LogP contribution is 2.10. The highest BCUT2D eigenvalue weighted by Gasteiger charge is 2.14. The minimum Gasteiger partial charge on any atom is -0.380 e. The van der Waals surface area contributed by atoms with E-state index in [1.807, 2.05) is 0 Å². The van der Waals surface area contributed by atoms with Crippen molar-refractivity contribution in [1.82, 2.24) is 5.32 Å². The van der Waals surface area contributed by atoms with Crippen LogP contribution in [0.2, 0.25) is 0 Å². The summed E-state index contributed by atoms with van der Waals surface area (Å²) in [7, 11) is 0. The lowest BCUT2D eigenvalue weighted by Crippen LogP contribution is -2.28. The van der Waals surface area contributed by atoms with Crippen molar-refractivity contribution in [2.45, 2.75) is 32.9 Å². The zero-order valence-electron chi connectivity index (χ0n) is 9.55. The molecule has 2 heteroatoms. The molecule has 1 saturated heterocycles. The van der Waals surface area contributed by atoms with Crippen molar-refractivity contribution in [3.63, 3.8) is 0 Å². The summed E-state index contributed by atoms with van der Waals surface area (Å²) in [6.45, 7) is 7.02. The number of nitrogens with one attached hydrogen (secondary N) is 1. The summed E-state index contributed by atoms with van der Waals surface area (Å²) < 4.78 is 5.33. The lowest BCUT2D eigenvalue weighted by molar-refractivity contribution is 0.190. The third kappa shape index (κ3) is 3.05. The van der Waals surface area contributed by atoms with Crippen molar-refractivity contribution in [3.8, 4) is 0 Å². The fourth-order valence-electron chi connectivity index (χ4n) is 2.13. The van der Waals surface area contributed by atoms with E-state index in [0.29, 0.717) is 6.04 Å². The first kappa shape index (κ1) is 10.7. The molecule has 0 spiro atoms. The molecule has 0 saturated carbocycles. The van der Waals surface area contributed by atoms with Gasteiger partial charge >= 0.3 is 0 Å². The normalized spacial score (nSPS) is 20.8. The maximum atomic E-state index is 5.33. The molecule has 1 fully saturated rings. The monoisotopic (exact) mass is 205 g/mol. The zero-order chi connectivity index (χ0) is 10.7. The van der Waals surface area contributed by atoms with Crippen LogP contribution in [-0.4, -0.2) is 19.3 Å². The van der Waals surface area contributed by atoms with Gasteiger partial charge in [0.25, 0.3) is 0 Å². The van der Waals surface area contributed by atoms with Crippen molar-refractivity contribution >= 4 is 0 Å². The van der Waals surface area contributed by atoms with Crippen molar-refractivity contribution in [3.05, 3.63) is 34.9 Å². The molecule has 0 aliphatic carbocycles. The van der Waals surface area contributed by atoms with E-state index in [2.05, 4.69) is 37.4 Å². The van der Waals surface area contributed by atoms with E-state index in [0.717, 1.165) is 26.2 Å². The summed E-state index contributed by atoms with van der Waals surface area (Å²) in [5.41, 5.74) is 4.06. The quantitative estimate of drug-likeness (QED) is 0.816. The van der Waals surface area contributed by atoms with Crippen LogP contribution in [0, 0.1) is 13.8 Å². The van der Waals surface area contributed by atoms with Gasteiger partial charge in [-0.15, -0.1) is 0 Å². The molecule has 82 valence electrons. The van der Waals surface area contributed by atoms with Crippen LogP contribution in [-0.2, 0) is 11.3 Å². The van der Waals surface area contributed by atoms with Crippen molar-refractivity contribution in [2.75, 3.05) is 13.2 Å². The van der Waals surface area contributed by atoms with Gasteiger partial charge in [-0.2, -0.15) is 0 Å². The molecule has 1 heterocycles. The van der Waals surface area contributed by atoms with E-state index in [4.69, 9.17) is 4.74 Å². The number of rotatable bonds is 3. The van der Waals surface area contributed by atoms with Gasteiger partial charge in [-0.05, 0) is 25.8 Å². The van der Waals surface area contributed by atoms with E-state index in [1.165, 1.54) is 16.7 Å². The third-order valence-electron chi connectivity index (χ3n) is 2.81. The minimum absolute atomic E-state index is 0.547. The number of hydrogen-bond donors (Lipinski definition) is 1. The van der Waals surface area contributed by atoms with Crippen molar-refractivity contribution in [1.29, 1.82) is 0 Å². The van der Waals surface area contributed by atoms with Crippen LogP contribution in [0.4, 0.5) is 0 Å². The van der Waals surface area contributed by atoms with Crippen LogP contribution in [0.3, 0.4) is 0 Å². The lowest BCUT2D eigenvalue weighted by Gasteiger charge is -2.11. The van der Waals surface area contributed by atoms with Gasteiger partial charge in [0.15, 0.2) is 0 Å². The second kappa shape index (κ2) is 4.77. The van der Waals surface area contributed by atoms with E-state index in [9.17, 15) is 0 Å². The number of hydrogen-bond acceptors (Lipinski definition) is 2. The van der Waals surface area contributed by atoms with Gasteiger partial charge in [0.2, 0.25) is 0 Å². The molecule has 0 radical (unpaired) electrons. The highest BCUT2D eigenvalue weighted by atomic mass is 16.5. The fraction of sp³-hybridized carbons (Fsp3) is 0.538. The third-order valence-corrected chi connectivity index (χ3v) is 2.81. The van der Waals surface area contributed by atoms with Crippen LogP contribution >= 0.6 is 0 Å². The Balaban J connectivity index is 1.92. The van der Waals surface area contributed by atoms with E-state index < -0.39 is 0 Å². The average Bonchev–Trinajstić information content (AvgIpc) is 2.65. The average molecular weight is 205 g/mol. The van der Waals surface area contributed by atoms with Gasteiger partial charge in [-0.1, -0.05) is 29.3 Å². The summed E-state index contributed by atoms with van der Waals surface area (Å²) in [6, 6.07) is 7.25. The second-order valence-corrected chi connectivity index (χ2v) is 4.44. The fourth-order valence-corrected chi connectivity index (χ4v) is 2.13. The highest BCUT2D eigenvalue weighted by molar-refractivity contribution is 5.28. The Morgan fingerprint density at radius 1 is 1.27 bits per heavy atom. The van der Waals surface area contributed by atoms with Crippen molar-refractivity contribution < 1.29 is 4.74 Å². The number of ether oxygens (including phenoxy) is 1. The molecule has 0 bridgehead atoms. The number of benzene rings is 1. The van der Waals surface area contributed by atoms with Crippen molar-refractivity contribution in [2.24, 2.45) is 0 Å². The van der Waals surface area contributed by atoms with Crippen LogP contribution in [0.15, 0.2) is 18.2 Å². The molecule has 2 rings (SSSR count). The summed E-state index contributed by atoms with van der Waals surface area (Å²) in [5.74, 6) is 0. The van der Waals surface area contributed by atoms with Crippen LogP contribution < -0.4 is 5.32 Å². The molecular weight excluding hydrogens is 186 g/mol. The van der Waals surface area contributed by atoms with Crippen LogP contribution in [0.25, 0.3) is 0 Å². The molecule has 15 heavy (non-hydrogen) atoms. The Kier molecular flexibility index (Phi) is 3.39. The topological polar surface area (TPSA) is 21.3 Å². The maximum Gasteiger partial charge on any atom is 0.0620 e. The minimum atomic E-state index is 0.547. The Morgan fingerprint density at radius 3 is 2.60 bits per heavy atom. The Bertz CT molecular complexity index is 309. The molecule has 0 aromatic heterocycles. The standard InChI is InChI=1S/C13H19NO/c1-10-5-11(2)7-12(6-10)8-14-13-3-4-15-9-13/h5-7,13-14H,3-4,8-9H2,1-2H3. The SMILES string of the molecule is Cc1cc(C)cc(CNC2CCOC2)c1. The predicted octanol–water partition coefficient (Wildman–Crippen LogP) is 2.18. The van der Waals surface area contributed by atoms with E-state index in [-0.39, 0.29) is 0 Å². The molecule has 1 atom stereocenters. The summed E-state index contributed by atoms with van der Waals surface area (Å²) in [5, 5.41) is 3.53. The molecule has 1 aromatic rings. The van der Waals surface area contributed by atoms with E-state index in [1.54, 1.807) is 0 Å². The zero-order valence-corrected chi connectivity index (χ0v) is 9.55. The maximum absolute atomic E-state index is 5.33. The largest absolute Gasteiger partial charge is 0.380 e. The van der Waals surface area contributed by atoms with Gasteiger partial charge in [-0.25, -0.2) is 0 Å². The smallest absolute Gasteiger partial charge is 0.0620 e. The van der Waals surface area contributed by atoms with Gasteiger partial charge < -0.3 is 10.1 Å². The Labute approximate surface area is 91.6 Å². The molecule has 2 nitrogen and oxygen atoms in total. The summed E-state index contributed by atoms with van der Waals surface area (Å²) >= 11 is 0. The second-order valence-electron chi connectivity index (χ2n) is 4.44. The van der Waals surface area contributed by atoms with Gasteiger partial charge in [-0.3, -0.25) is 0 Å². The summed E-state index contributed by atoms with van der Waals surface area (Å²) in [4.78, 5) is 0. The molecular formula is C13H19NO. The molecule has 1 aliphatic rings. The molecule has 1 N–H and O–H groups in total. The first-order chi connectivity index (χ1) is 7.24. The molecule has 1 aromatic carbocycles.